The zero-order chi connectivity index (χ0) is 28.6. The van der Waals surface area contributed by atoms with Gasteiger partial charge < -0.3 is 25.0 Å². The number of likely N-dealkylation sites (tertiary alicyclic amines) is 1. The second-order valence-electron chi connectivity index (χ2n) is 10.4. The predicted octanol–water partition coefficient (Wildman–Crippen LogP) is 5.57. The number of aromatic nitrogens is 2. The number of pyridine rings is 2. The van der Waals surface area contributed by atoms with Gasteiger partial charge >= 0.3 is 6.09 Å². The Morgan fingerprint density at radius 2 is 1.88 bits per heavy atom. The topological polar surface area (TPSA) is 106 Å². The van der Waals surface area contributed by atoms with Gasteiger partial charge in [-0.15, -0.1) is 0 Å². The summed E-state index contributed by atoms with van der Waals surface area (Å²) in [6.45, 7) is 2.36. The second-order valence-corrected chi connectivity index (χ2v) is 10.8. The van der Waals surface area contributed by atoms with Crippen LogP contribution < -0.4 is 10.6 Å². The van der Waals surface area contributed by atoms with Gasteiger partial charge in [-0.25, -0.2) is 19.2 Å². The highest BCUT2D eigenvalue weighted by atomic mass is 35.5. The van der Waals surface area contributed by atoms with E-state index in [0.717, 1.165) is 44.0 Å². The molecule has 5 rings (SSSR count). The minimum atomic E-state index is -1.35. The molecule has 1 aromatic carbocycles. The number of rotatable bonds is 8. The van der Waals surface area contributed by atoms with Gasteiger partial charge in [0.2, 0.25) is 5.91 Å². The zero-order valence-corrected chi connectivity index (χ0v) is 23.4. The molecule has 2 fully saturated rings. The van der Waals surface area contributed by atoms with Gasteiger partial charge in [-0.1, -0.05) is 48.0 Å². The molecular weight excluding hydrogens is 549 g/mol. The quantitative estimate of drug-likeness (QED) is 0.358. The molecule has 2 aromatic heterocycles. The van der Waals surface area contributed by atoms with Crippen molar-refractivity contribution in [3.8, 4) is 11.3 Å². The van der Waals surface area contributed by atoms with E-state index in [1.165, 1.54) is 11.1 Å². The minimum Gasteiger partial charge on any atom is -0.445 e. The Kier molecular flexibility index (Phi) is 9.63. The van der Waals surface area contributed by atoms with Crippen molar-refractivity contribution < 1.29 is 23.5 Å². The van der Waals surface area contributed by atoms with Crippen LogP contribution >= 0.6 is 11.6 Å². The number of alkyl halides is 1. The molecule has 2 N–H and O–H groups in total. The molecule has 0 spiro atoms. The van der Waals surface area contributed by atoms with E-state index in [1.807, 2.05) is 48.5 Å². The van der Waals surface area contributed by atoms with Crippen molar-refractivity contribution in [3.63, 3.8) is 0 Å². The molecule has 2 saturated heterocycles. The highest BCUT2D eigenvalue weighted by Crippen LogP contribution is 2.30. The van der Waals surface area contributed by atoms with Gasteiger partial charge in [0, 0.05) is 38.1 Å². The zero-order valence-electron chi connectivity index (χ0n) is 22.6. The highest BCUT2D eigenvalue weighted by molar-refractivity contribution is 6.33. The Bertz CT molecular complexity index is 1340. The molecule has 4 heterocycles. The molecule has 2 aliphatic heterocycles. The van der Waals surface area contributed by atoms with Gasteiger partial charge in [0.15, 0.2) is 0 Å². The Morgan fingerprint density at radius 3 is 2.68 bits per heavy atom. The van der Waals surface area contributed by atoms with Crippen molar-refractivity contribution in [2.75, 3.05) is 43.5 Å². The molecule has 41 heavy (non-hydrogen) atoms. The summed E-state index contributed by atoms with van der Waals surface area (Å²) in [5.74, 6) is 0.318. The summed E-state index contributed by atoms with van der Waals surface area (Å²) in [5.41, 5.74) is 2.05. The van der Waals surface area contributed by atoms with E-state index in [1.54, 1.807) is 6.07 Å². The second kappa shape index (κ2) is 13.7. The number of anilines is 2. The van der Waals surface area contributed by atoms with E-state index >= 15 is 0 Å². The summed E-state index contributed by atoms with van der Waals surface area (Å²) in [6.07, 6.45) is 1.47. The normalized spacial score (nSPS) is 19.4. The lowest BCUT2D eigenvalue weighted by molar-refractivity contribution is -0.122. The van der Waals surface area contributed by atoms with Crippen LogP contribution in [-0.4, -0.2) is 65.9 Å². The number of piperidine rings is 1. The monoisotopic (exact) mass is 581 g/mol. The smallest absolute Gasteiger partial charge is 0.410 e. The van der Waals surface area contributed by atoms with E-state index in [2.05, 4.69) is 15.6 Å². The summed E-state index contributed by atoms with van der Waals surface area (Å²) < 4.78 is 25.4. The molecule has 2 atom stereocenters. The van der Waals surface area contributed by atoms with Gasteiger partial charge in [0.1, 0.15) is 24.4 Å². The van der Waals surface area contributed by atoms with Gasteiger partial charge in [-0.05, 0) is 48.9 Å². The fraction of sp³-hybridized carbons (Fsp3) is 0.400. The Hall–Kier alpha value is -3.76. The SMILES string of the molecule is O=C(Nc1cc(-c2cccc(NCC3CCOCC3)n2)c(Cl)cn1)[C@H]1C[C@@H](F)CN(C(=O)OCc2ccccc2)C1. The number of halogens is 2. The summed E-state index contributed by atoms with van der Waals surface area (Å²) >= 11 is 6.46. The van der Waals surface area contributed by atoms with Crippen molar-refractivity contribution in [2.24, 2.45) is 11.8 Å². The number of hydrogen-bond acceptors (Lipinski definition) is 7. The number of benzene rings is 1. The van der Waals surface area contributed by atoms with Crippen LogP contribution in [0.2, 0.25) is 5.02 Å². The Morgan fingerprint density at radius 1 is 1.07 bits per heavy atom. The van der Waals surface area contributed by atoms with E-state index in [-0.39, 0.29) is 31.9 Å². The predicted molar refractivity (Wildman–Crippen MR) is 154 cm³/mol. The standard InChI is InChI=1S/C30H33ClFN5O4/c31-25-16-34-28(14-24(25)26-7-4-8-27(35-26)33-15-20-9-11-40-12-10-20)36-29(38)22-13-23(32)18-37(17-22)30(39)41-19-21-5-2-1-3-6-21/h1-8,14,16,20,22-23H,9-13,15,17-19H2,(H,33,35)(H,34,36,38)/t22-,23+/m0/s1. The molecule has 9 nitrogen and oxygen atoms in total. The molecule has 0 radical (unpaired) electrons. The third-order valence-corrected chi connectivity index (χ3v) is 7.58. The third-order valence-electron chi connectivity index (χ3n) is 7.28. The number of carbonyl (C=O) groups excluding carboxylic acids is 2. The first-order chi connectivity index (χ1) is 19.9. The maximum absolute atomic E-state index is 14.6. The summed E-state index contributed by atoms with van der Waals surface area (Å²) in [5, 5.41) is 6.54. The van der Waals surface area contributed by atoms with Crippen LogP contribution in [0.25, 0.3) is 11.3 Å². The summed E-state index contributed by atoms with van der Waals surface area (Å²) in [6, 6.07) is 16.5. The lowest BCUT2D eigenvalue weighted by Crippen LogP contribution is -2.48. The molecule has 3 aromatic rings. The molecular formula is C30H33ClFN5O4. The first-order valence-corrected chi connectivity index (χ1v) is 14.2. The van der Waals surface area contributed by atoms with Crippen molar-refractivity contribution >= 4 is 35.2 Å². The average molecular weight is 582 g/mol. The number of carbonyl (C=O) groups is 2. The maximum atomic E-state index is 14.6. The highest BCUT2D eigenvalue weighted by Gasteiger charge is 2.35. The number of ether oxygens (including phenoxy) is 2. The number of nitrogens with one attached hydrogen (secondary N) is 2. The van der Waals surface area contributed by atoms with Crippen LogP contribution in [0.15, 0.2) is 60.8 Å². The van der Waals surface area contributed by atoms with E-state index in [0.29, 0.717) is 22.2 Å². The Labute approximate surface area is 243 Å². The van der Waals surface area contributed by atoms with Gasteiger partial charge in [0.25, 0.3) is 0 Å². The van der Waals surface area contributed by atoms with Crippen LogP contribution in [-0.2, 0) is 20.9 Å². The minimum absolute atomic E-state index is 0.00284. The van der Waals surface area contributed by atoms with Crippen LogP contribution in [0.3, 0.4) is 0 Å². The maximum Gasteiger partial charge on any atom is 0.410 e. The Balaban J connectivity index is 1.21. The molecule has 11 heteroatoms. The van der Waals surface area contributed by atoms with Crippen molar-refractivity contribution in [1.29, 1.82) is 0 Å². The largest absolute Gasteiger partial charge is 0.445 e. The lowest BCUT2D eigenvalue weighted by Gasteiger charge is -2.33. The lowest BCUT2D eigenvalue weighted by atomic mass is 9.96. The molecule has 0 unspecified atom stereocenters. The first kappa shape index (κ1) is 28.8. The molecule has 0 bridgehead atoms. The van der Waals surface area contributed by atoms with Crippen molar-refractivity contribution in [1.82, 2.24) is 14.9 Å². The van der Waals surface area contributed by atoms with Crippen LogP contribution in [0.4, 0.5) is 20.8 Å². The summed E-state index contributed by atoms with van der Waals surface area (Å²) in [4.78, 5) is 35.9. The van der Waals surface area contributed by atoms with Crippen LogP contribution in [0, 0.1) is 11.8 Å². The summed E-state index contributed by atoms with van der Waals surface area (Å²) in [7, 11) is 0. The molecule has 216 valence electrons. The van der Waals surface area contributed by atoms with Crippen LogP contribution in [0.5, 0.6) is 0 Å². The fourth-order valence-corrected chi connectivity index (χ4v) is 5.20. The van der Waals surface area contributed by atoms with Crippen molar-refractivity contribution in [2.45, 2.75) is 32.0 Å². The van der Waals surface area contributed by atoms with E-state index < -0.39 is 24.1 Å². The number of hydrogen-bond donors (Lipinski definition) is 2. The third kappa shape index (κ3) is 7.92. The molecule has 2 aliphatic rings. The number of amides is 2. The van der Waals surface area contributed by atoms with E-state index in [9.17, 15) is 14.0 Å². The van der Waals surface area contributed by atoms with Gasteiger partial charge in [-0.3, -0.25) is 4.79 Å². The fourth-order valence-electron chi connectivity index (χ4n) is 5.00. The van der Waals surface area contributed by atoms with Gasteiger partial charge in [-0.2, -0.15) is 0 Å². The molecule has 2 amide bonds. The average Bonchev–Trinajstić information content (AvgIpc) is 3.00. The van der Waals surface area contributed by atoms with E-state index in [4.69, 9.17) is 26.1 Å². The van der Waals surface area contributed by atoms with Crippen molar-refractivity contribution in [3.05, 3.63) is 71.4 Å². The van der Waals surface area contributed by atoms with Crippen LogP contribution in [0.1, 0.15) is 24.8 Å². The van der Waals surface area contributed by atoms with Gasteiger partial charge in [0.05, 0.1) is 23.2 Å². The molecule has 0 aliphatic carbocycles. The molecule has 0 saturated carbocycles. The first-order valence-electron chi connectivity index (χ1n) is 13.8. The number of nitrogens with zero attached hydrogens (tertiary/aromatic N) is 3.